The van der Waals surface area contributed by atoms with Gasteiger partial charge in [-0.2, -0.15) is 5.26 Å². The number of nitrogens with two attached hydrogens (primary N) is 1. The lowest BCUT2D eigenvalue weighted by atomic mass is 9.91. The number of hydrogen-bond donors (Lipinski definition) is 2. The van der Waals surface area contributed by atoms with Crippen molar-refractivity contribution in [2.75, 3.05) is 5.32 Å². The Morgan fingerprint density at radius 1 is 1.12 bits per heavy atom. The monoisotopic (exact) mass is 345 g/mol. The summed E-state index contributed by atoms with van der Waals surface area (Å²) in [7, 11) is 0. The summed E-state index contributed by atoms with van der Waals surface area (Å²) in [5, 5.41) is 13.0. The molecule has 5 heteroatoms. The van der Waals surface area contributed by atoms with E-state index in [2.05, 4.69) is 22.0 Å². The summed E-state index contributed by atoms with van der Waals surface area (Å²) in [6.07, 6.45) is 4.52. The second-order valence-corrected chi connectivity index (χ2v) is 6.98. The van der Waals surface area contributed by atoms with Crippen LogP contribution in [0.1, 0.15) is 36.8 Å². The van der Waals surface area contributed by atoms with Crippen molar-refractivity contribution in [3.8, 4) is 6.07 Å². The van der Waals surface area contributed by atoms with Crippen molar-refractivity contribution in [1.29, 1.82) is 5.26 Å². The van der Waals surface area contributed by atoms with E-state index in [1.54, 1.807) is 0 Å². The first kappa shape index (κ1) is 16.6. The van der Waals surface area contributed by atoms with Crippen LogP contribution in [0.3, 0.4) is 0 Å². The summed E-state index contributed by atoms with van der Waals surface area (Å²) < 4.78 is 2.16. The minimum Gasteiger partial charge on any atom is -0.351 e. The minimum atomic E-state index is 0.156. The van der Waals surface area contributed by atoms with Gasteiger partial charge in [-0.25, -0.2) is 4.98 Å². The predicted molar refractivity (Wildman–Crippen MR) is 104 cm³/mol. The maximum atomic E-state index is 9.42. The van der Waals surface area contributed by atoms with Gasteiger partial charge in [0.25, 0.3) is 0 Å². The third-order valence-electron chi connectivity index (χ3n) is 5.25. The first-order valence-electron chi connectivity index (χ1n) is 9.21. The van der Waals surface area contributed by atoms with Crippen LogP contribution in [-0.4, -0.2) is 21.6 Å². The molecule has 4 rings (SSSR count). The molecule has 1 fully saturated rings. The van der Waals surface area contributed by atoms with Crippen LogP contribution in [-0.2, 0) is 6.54 Å². The average Bonchev–Trinajstić information content (AvgIpc) is 3.01. The Balaban J connectivity index is 1.73. The Hall–Kier alpha value is -2.84. The van der Waals surface area contributed by atoms with Gasteiger partial charge in [-0.05, 0) is 36.6 Å². The van der Waals surface area contributed by atoms with Gasteiger partial charge < -0.3 is 15.6 Å². The van der Waals surface area contributed by atoms with Gasteiger partial charge in [0.15, 0.2) is 0 Å². The number of imidazole rings is 1. The van der Waals surface area contributed by atoms with Crippen molar-refractivity contribution in [1.82, 2.24) is 9.55 Å². The Morgan fingerprint density at radius 2 is 1.88 bits per heavy atom. The zero-order valence-corrected chi connectivity index (χ0v) is 14.7. The molecule has 0 saturated heterocycles. The lowest BCUT2D eigenvalue weighted by Gasteiger charge is -2.29. The molecule has 0 bridgehead atoms. The number of aromatic nitrogens is 2. The van der Waals surface area contributed by atoms with E-state index in [0.29, 0.717) is 12.1 Å². The van der Waals surface area contributed by atoms with Crippen molar-refractivity contribution in [3.63, 3.8) is 0 Å². The highest BCUT2D eigenvalue weighted by atomic mass is 15.2. The molecule has 132 valence electrons. The van der Waals surface area contributed by atoms with Crippen LogP contribution >= 0.6 is 0 Å². The fourth-order valence-corrected chi connectivity index (χ4v) is 3.79. The SMILES string of the molecule is N#Cc1ccccc1Cn1c(NC2CCCCC2N)nc2ccccc21. The van der Waals surface area contributed by atoms with E-state index < -0.39 is 0 Å². The molecule has 0 spiro atoms. The standard InChI is InChI=1S/C21H23N5/c22-13-15-7-1-2-8-16(15)14-26-20-12-6-5-11-19(20)25-21(26)24-18-10-4-3-9-17(18)23/h1-2,5-8,11-12,17-18H,3-4,9-10,14,23H2,(H,24,25). The van der Waals surface area contributed by atoms with Gasteiger partial charge >= 0.3 is 0 Å². The molecule has 0 aliphatic heterocycles. The third kappa shape index (κ3) is 3.16. The van der Waals surface area contributed by atoms with E-state index in [0.717, 1.165) is 35.4 Å². The fourth-order valence-electron chi connectivity index (χ4n) is 3.79. The van der Waals surface area contributed by atoms with Crippen LogP contribution in [0.2, 0.25) is 0 Å². The van der Waals surface area contributed by atoms with Crippen molar-refractivity contribution >= 4 is 17.0 Å². The molecule has 5 nitrogen and oxygen atoms in total. The number of hydrogen-bond acceptors (Lipinski definition) is 4. The molecule has 1 heterocycles. The number of para-hydroxylation sites is 2. The van der Waals surface area contributed by atoms with E-state index in [1.807, 2.05) is 42.5 Å². The zero-order valence-electron chi connectivity index (χ0n) is 14.7. The Morgan fingerprint density at radius 3 is 2.73 bits per heavy atom. The number of nitriles is 1. The van der Waals surface area contributed by atoms with Crippen molar-refractivity contribution in [3.05, 3.63) is 59.7 Å². The van der Waals surface area contributed by atoms with Gasteiger partial charge in [-0.15, -0.1) is 0 Å². The first-order valence-corrected chi connectivity index (χ1v) is 9.21. The maximum Gasteiger partial charge on any atom is 0.204 e. The van der Waals surface area contributed by atoms with Gasteiger partial charge in [-0.3, -0.25) is 0 Å². The van der Waals surface area contributed by atoms with E-state index in [4.69, 9.17) is 10.7 Å². The van der Waals surface area contributed by atoms with Gasteiger partial charge in [-0.1, -0.05) is 43.2 Å². The smallest absolute Gasteiger partial charge is 0.204 e. The van der Waals surface area contributed by atoms with E-state index >= 15 is 0 Å². The van der Waals surface area contributed by atoms with E-state index in [1.165, 1.54) is 12.8 Å². The number of benzene rings is 2. The quantitative estimate of drug-likeness (QED) is 0.756. The minimum absolute atomic E-state index is 0.156. The number of anilines is 1. The fraction of sp³-hybridized carbons (Fsp3) is 0.333. The summed E-state index contributed by atoms with van der Waals surface area (Å²) in [5.41, 5.74) is 10.0. The topological polar surface area (TPSA) is 79.7 Å². The van der Waals surface area contributed by atoms with Gasteiger partial charge in [0.05, 0.1) is 29.2 Å². The van der Waals surface area contributed by atoms with Crippen LogP contribution in [0.25, 0.3) is 11.0 Å². The predicted octanol–water partition coefficient (Wildman–Crippen LogP) is 3.64. The second kappa shape index (κ2) is 7.19. The number of nitrogens with zero attached hydrogens (tertiary/aromatic N) is 3. The molecule has 1 saturated carbocycles. The van der Waals surface area contributed by atoms with Crippen molar-refractivity contribution in [2.24, 2.45) is 5.73 Å². The van der Waals surface area contributed by atoms with E-state index in [9.17, 15) is 5.26 Å². The molecule has 1 aliphatic carbocycles. The summed E-state index contributed by atoms with van der Waals surface area (Å²) in [4.78, 5) is 4.81. The Kier molecular flexibility index (Phi) is 4.59. The van der Waals surface area contributed by atoms with Crippen LogP contribution in [0.15, 0.2) is 48.5 Å². The highest BCUT2D eigenvalue weighted by molar-refractivity contribution is 5.78. The number of nitrogens with one attached hydrogen (secondary N) is 1. The lowest BCUT2D eigenvalue weighted by molar-refractivity contribution is 0.401. The van der Waals surface area contributed by atoms with Crippen LogP contribution in [0.4, 0.5) is 5.95 Å². The Labute approximate surface area is 153 Å². The molecular formula is C21H23N5. The van der Waals surface area contributed by atoms with Crippen LogP contribution in [0.5, 0.6) is 0 Å². The molecule has 26 heavy (non-hydrogen) atoms. The van der Waals surface area contributed by atoms with Gasteiger partial charge in [0.2, 0.25) is 5.95 Å². The summed E-state index contributed by atoms with van der Waals surface area (Å²) in [5.74, 6) is 0.835. The highest BCUT2D eigenvalue weighted by Crippen LogP contribution is 2.26. The highest BCUT2D eigenvalue weighted by Gasteiger charge is 2.24. The molecule has 2 atom stereocenters. The van der Waals surface area contributed by atoms with Crippen LogP contribution in [0, 0.1) is 11.3 Å². The number of fused-ring (bicyclic) bond motifs is 1. The largest absolute Gasteiger partial charge is 0.351 e. The molecule has 2 aromatic carbocycles. The Bertz CT molecular complexity index is 952. The summed E-state index contributed by atoms with van der Waals surface area (Å²) in [6.45, 7) is 0.606. The third-order valence-corrected chi connectivity index (χ3v) is 5.25. The van der Waals surface area contributed by atoms with Gasteiger partial charge in [0, 0.05) is 12.1 Å². The van der Waals surface area contributed by atoms with E-state index in [-0.39, 0.29) is 12.1 Å². The molecule has 1 aliphatic rings. The molecule has 3 N–H and O–H groups in total. The second-order valence-electron chi connectivity index (χ2n) is 6.98. The molecule has 0 radical (unpaired) electrons. The molecule has 2 unspecified atom stereocenters. The van der Waals surface area contributed by atoms with Crippen molar-refractivity contribution < 1.29 is 0 Å². The summed E-state index contributed by atoms with van der Waals surface area (Å²) >= 11 is 0. The maximum absolute atomic E-state index is 9.42. The normalized spacial score (nSPS) is 20.0. The van der Waals surface area contributed by atoms with Crippen molar-refractivity contribution in [2.45, 2.75) is 44.3 Å². The number of rotatable bonds is 4. The van der Waals surface area contributed by atoms with Gasteiger partial charge in [0.1, 0.15) is 0 Å². The molecule has 3 aromatic rings. The lowest BCUT2D eigenvalue weighted by Crippen LogP contribution is -2.43. The molecule has 0 amide bonds. The average molecular weight is 345 g/mol. The summed E-state index contributed by atoms with van der Waals surface area (Å²) in [6, 6.07) is 18.5. The first-order chi connectivity index (χ1) is 12.8. The molecular weight excluding hydrogens is 322 g/mol. The molecule has 1 aromatic heterocycles. The van der Waals surface area contributed by atoms with Crippen LogP contribution < -0.4 is 11.1 Å². The zero-order chi connectivity index (χ0) is 17.9.